The van der Waals surface area contributed by atoms with Crippen molar-refractivity contribution in [3.05, 3.63) is 51.8 Å². The summed E-state index contributed by atoms with van der Waals surface area (Å²) in [5.74, 6) is -0.0117. The largest absolute Gasteiger partial charge is 0.294 e. The molecule has 0 bridgehead atoms. The first kappa shape index (κ1) is 12.1. The van der Waals surface area contributed by atoms with Gasteiger partial charge in [-0.15, -0.1) is 0 Å². The van der Waals surface area contributed by atoms with Gasteiger partial charge in [-0.25, -0.2) is 0 Å². The average molecular weight is 269 g/mol. The lowest BCUT2D eigenvalue weighted by Crippen LogP contribution is -2.03. The second-order valence-electron chi connectivity index (χ2n) is 3.74. The van der Waals surface area contributed by atoms with E-state index in [9.17, 15) is 4.79 Å². The van der Waals surface area contributed by atoms with Gasteiger partial charge in [-0.05, 0) is 17.7 Å². The zero-order valence-electron chi connectivity index (χ0n) is 9.15. The standard InChI is InChI=1S/C12H10Cl2N2O/c1-16-7-9(6-15-16)12(17)4-8-2-3-10(13)5-11(8)14/h2-3,5-7H,4H2,1H3. The number of carbonyl (C=O) groups excluding carboxylic acids is 1. The Morgan fingerprint density at radius 2 is 2.18 bits per heavy atom. The highest BCUT2D eigenvalue weighted by Gasteiger charge is 2.11. The lowest BCUT2D eigenvalue weighted by molar-refractivity contribution is 0.0993. The van der Waals surface area contributed by atoms with Crippen molar-refractivity contribution in [1.82, 2.24) is 9.78 Å². The first-order valence-corrected chi connectivity index (χ1v) is 5.77. The van der Waals surface area contributed by atoms with E-state index in [0.717, 1.165) is 5.56 Å². The van der Waals surface area contributed by atoms with Crippen LogP contribution in [-0.4, -0.2) is 15.6 Å². The van der Waals surface area contributed by atoms with Gasteiger partial charge in [-0.1, -0.05) is 29.3 Å². The van der Waals surface area contributed by atoms with Gasteiger partial charge in [0.15, 0.2) is 5.78 Å². The van der Waals surface area contributed by atoms with Crippen molar-refractivity contribution in [3.8, 4) is 0 Å². The van der Waals surface area contributed by atoms with Gasteiger partial charge in [0, 0.05) is 29.7 Å². The van der Waals surface area contributed by atoms with Crippen LogP contribution in [0.2, 0.25) is 10.0 Å². The predicted octanol–water partition coefficient (Wildman–Crippen LogP) is 3.15. The highest BCUT2D eigenvalue weighted by Crippen LogP contribution is 2.22. The molecule has 0 unspecified atom stereocenters. The van der Waals surface area contributed by atoms with Crippen LogP contribution in [0.4, 0.5) is 0 Å². The van der Waals surface area contributed by atoms with Crippen LogP contribution in [-0.2, 0) is 13.5 Å². The molecule has 0 saturated carbocycles. The van der Waals surface area contributed by atoms with E-state index in [0.29, 0.717) is 15.6 Å². The van der Waals surface area contributed by atoms with E-state index in [-0.39, 0.29) is 12.2 Å². The average Bonchev–Trinajstić information content (AvgIpc) is 2.69. The van der Waals surface area contributed by atoms with E-state index in [1.54, 1.807) is 42.3 Å². The molecule has 0 saturated heterocycles. The molecule has 0 aliphatic heterocycles. The molecule has 0 aliphatic rings. The number of hydrogen-bond acceptors (Lipinski definition) is 2. The molecular formula is C12H10Cl2N2O. The molecule has 0 fully saturated rings. The Balaban J connectivity index is 2.18. The second-order valence-corrected chi connectivity index (χ2v) is 4.58. The summed E-state index contributed by atoms with van der Waals surface area (Å²) < 4.78 is 1.59. The molecule has 88 valence electrons. The summed E-state index contributed by atoms with van der Waals surface area (Å²) in [6.07, 6.45) is 3.49. The molecule has 5 heteroatoms. The molecule has 2 rings (SSSR count). The number of ketones is 1. The summed E-state index contributed by atoms with van der Waals surface area (Å²) in [4.78, 5) is 11.9. The maximum atomic E-state index is 11.9. The molecular weight excluding hydrogens is 259 g/mol. The number of halogens is 2. The van der Waals surface area contributed by atoms with Gasteiger partial charge in [0.05, 0.1) is 11.8 Å². The van der Waals surface area contributed by atoms with Crippen LogP contribution in [0.1, 0.15) is 15.9 Å². The third-order valence-electron chi connectivity index (χ3n) is 2.39. The fraction of sp³-hybridized carbons (Fsp3) is 0.167. The predicted molar refractivity (Wildman–Crippen MR) is 67.7 cm³/mol. The highest BCUT2D eigenvalue weighted by atomic mass is 35.5. The van der Waals surface area contributed by atoms with E-state index in [2.05, 4.69) is 5.10 Å². The smallest absolute Gasteiger partial charge is 0.170 e. The van der Waals surface area contributed by atoms with Crippen LogP contribution < -0.4 is 0 Å². The first-order valence-electron chi connectivity index (χ1n) is 5.02. The van der Waals surface area contributed by atoms with Gasteiger partial charge in [0.2, 0.25) is 0 Å². The Morgan fingerprint density at radius 1 is 1.41 bits per heavy atom. The second kappa shape index (κ2) is 4.90. The molecule has 0 amide bonds. The van der Waals surface area contributed by atoms with Gasteiger partial charge in [-0.2, -0.15) is 5.10 Å². The van der Waals surface area contributed by atoms with Crippen LogP contribution >= 0.6 is 23.2 Å². The minimum Gasteiger partial charge on any atom is -0.294 e. The Labute approximate surface area is 109 Å². The van der Waals surface area contributed by atoms with Crippen molar-refractivity contribution in [3.63, 3.8) is 0 Å². The third kappa shape index (κ3) is 2.87. The van der Waals surface area contributed by atoms with Crippen LogP contribution in [0.25, 0.3) is 0 Å². The highest BCUT2D eigenvalue weighted by molar-refractivity contribution is 6.35. The molecule has 0 atom stereocenters. The van der Waals surface area contributed by atoms with Crippen LogP contribution in [0.3, 0.4) is 0 Å². The molecule has 17 heavy (non-hydrogen) atoms. The monoisotopic (exact) mass is 268 g/mol. The van der Waals surface area contributed by atoms with E-state index < -0.39 is 0 Å². The van der Waals surface area contributed by atoms with E-state index in [1.165, 1.54) is 0 Å². The van der Waals surface area contributed by atoms with Crippen molar-refractivity contribution in [2.24, 2.45) is 7.05 Å². The third-order valence-corrected chi connectivity index (χ3v) is 2.98. The number of aryl methyl sites for hydroxylation is 1. The topological polar surface area (TPSA) is 34.9 Å². The van der Waals surface area contributed by atoms with Gasteiger partial charge in [0.25, 0.3) is 0 Å². The molecule has 3 nitrogen and oxygen atoms in total. The minimum atomic E-state index is -0.0117. The summed E-state index contributed by atoms with van der Waals surface area (Å²) in [6, 6.07) is 5.12. The van der Waals surface area contributed by atoms with Crippen molar-refractivity contribution >= 4 is 29.0 Å². The number of Topliss-reactive ketones (excluding diaryl/α,β-unsaturated/α-hetero) is 1. The Kier molecular flexibility index (Phi) is 3.50. The van der Waals surface area contributed by atoms with Crippen LogP contribution in [0.5, 0.6) is 0 Å². The summed E-state index contributed by atoms with van der Waals surface area (Å²) in [7, 11) is 1.77. The lowest BCUT2D eigenvalue weighted by atomic mass is 10.1. The lowest BCUT2D eigenvalue weighted by Gasteiger charge is -2.02. The number of nitrogens with zero attached hydrogens (tertiary/aromatic N) is 2. The number of hydrogen-bond donors (Lipinski definition) is 0. The SMILES string of the molecule is Cn1cc(C(=O)Cc2ccc(Cl)cc2Cl)cn1. The maximum absolute atomic E-state index is 11.9. The van der Waals surface area contributed by atoms with Gasteiger partial charge in [-0.3, -0.25) is 9.48 Å². The van der Waals surface area contributed by atoms with Gasteiger partial charge < -0.3 is 0 Å². The van der Waals surface area contributed by atoms with Crippen molar-refractivity contribution in [2.45, 2.75) is 6.42 Å². The molecule has 0 aliphatic carbocycles. The molecule has 1 heterocycles. The Hall–Kier alpha value is -1.32. The number of benzene rings is 1. The molecule has 0 spiro atoms. The van der Waals surface area contributed by atoms with Crippen LogP contribution in [0, 0.1) is 0 Å². The molecule has 0 N–H and O–H groups in total. The van der Waals surface area contributed by atoms with Gasteiger partial charge >= 0.3 is 0 Å². The summed E-state index contributed by atoms with van der Waals surface area (Å²) in [5, 5.41) is 5.03. The van der Waals surface area contributed by atoms with Crippen LogP contribution in [0.15, 0.2) is 30.6 Å². The fourth-order valence-electron chi connectivity index (χ4n) is 1.51. The summed E-state index contributed by atoms with van der Waals surface area (Å²) in [6.45, 7) is 0. The Bertz CT molecular complexity index is 563. The molecule has 1 aromatic heterocycles. The van der Waals surface area contributed by atoms with E-state index in [1.807, 2.05) is 0 Å². The zero-order chi connectivity index (χ0) is 12.4. The molecule has 1 aromatic carbocycles. The van der Waals surface area contributed by atoms with Crippen molar-refractivity contribution in [1.29, 1.82) is 0 Å². The number of carbonyl (C=O) groups is 1. The summed E-state index contributed by atoms with van der Waals surface area (Å²) >= 11 is 11.8. The first-order chi connectivity index (χ1) is 8.06. The van der Waals surface area contributed by atoms with Crippen molar-refractivity contribution in [2.75, 3.05) is 0 Å². The summed E-state index contributed by atoms with van der Waals surface area (Å²) in [5.41, 5.74) is 1.35. The number of aromatic nitrogens is 2. The maximum Gasteiger partial charge on any atom is 0.170 e. The van der Waals surface area contributed by atoms with E-state index >= 15 is 0 Å². The minimum absolute atomic E-state index is 0.0117. The fourth-order valence-corrected chi connectivity index (χ4v) is 1.98. The quantitative estimate of drug-likeness (QED) is 0.802. The normalized spacial score (nSPS) is 10.5. The Morgan fingerprint density at radius 3 is 2.76 bits per heavy atom. The number of rotatable bonds is 3. The molecule has 2 aromatic rings. The van der Waals surface area contributed by atoms with Crippen molar-refractivity contribution < 1.29 is 4.79 Å². The van der Waals surface area contributed by atoms with E-state index in [4.69, 9.17) is 23.2 Å². The zero-order valence-corrected chi connectivity index (χ0v) is 10.7. The van der Waals surface area contributed by atoms with Gasteiger partial charge in [0.1, 0.15) is 0 Å². The molecule has 0 radical (unpaired) electrons.